The molecule has 0 radical (unpaired) electrons. The highest BCUT2D eigenvalue weighted by atomic mass is 35.5. The van der Waals surface area contributed by atoms with Gasteiger partial charge in [0.1, 0.15) is 5.75 Å². The van der Waals surface area contributed by atoms with Crippen LogP contribution in [0.4, 0.5) is 13.2 Å². The molecule has 0 bridgehead atoms. The van der Waals surface area contributed by atoms with Crippen LogP contribution >= 0.6 is 23.2 Å². The van der Waals surface area contributed by atoms with Crippen molar-refractivity contribution in [2.24, 2.45) is 0 Å². The Morgan fingerprint density at radius 1 is 1.03 bits per heavy atom. The maximum atomic E-state index is 13.4. The summed E-state index contributed by atoms with van der Waals surface area (Å²) in [6, 6.07) is 15.2. The van der Waals surface area contributed by atoms with E-state index in [1.807, 2.05) is 18.2 Å². The van der Waals surface area contributed by atoms with Crippen molar-refractivity contribution in [3.63, 3.8) is 0 Å². The van der Waals surface area contributed by atoms with E-state index in [9.17, 15) is 13.2 Å². The highest BCUT2D eigenvalue weighted by Gasteiger charge is 2.32. The van der Waals surface area contributed by atoms with E-state index < -0.39 is 11.7 Å². The lowest BCUT2D eigenvalue weighted by molar-refractivity contribution is -0.137. The molecular weight excluding hydrogens is 436 g/mol. The molecule has 4 aromatic rings. The first-order valence-corrected chi connectivity index (χ1v) is 9.69. The Hall–Kier alpha value is -2.70. The van der Waals surface area contributed by atoms with E-state index in [1.165, 1.54) is 4.40 Å². The molecule has 154 valence electrons. The summed E-state index contributed by atoms with van der Waals surface area (Å²) in [6.45, 7) is 0. The zero-order valence-electron chi connectivity index (χ0n) is 15.7. The van der Waals surface area contributed by atoms with Crippen molar-refractivity contribution in [3.8, 4) is 17.0 Å². The number of nitrogens with zero attached hydrogens (tertiary/aromatic N) is 2. The van der Waals surface area contributed by atoms with Gasteiger partial charge in [-0.05, 0) is 24.3 Å². The molecular formula is C22H15Cl2F3N2O. The number of ether oxygens (including phenoxy) is 1. The fourth-order valence-electron chi connectivity index (χ4n) is 3.34. The van der Waals surface area contributed by atoms with Crippen LogP contribution in [0.5, 0.6) is 5.75 Å². The topological polar surface area (TPSA) is 26.5 Å². The predicted octanol–water partition coefficient (Wildman–Crippen LogP) is 6.93. The number of aromatic nitrogens is 2. The Morgan fingerprint density at radius 3 is 2.40 bits per heavy atom. The average Bonchev–Trinajstić information content (AvgIpc) is 3.07. The molecule has 0 aliphatic rings. The third-order valence-electron chi connectivity index (χ3n) is 4.77. The quantitative estimate of drug-likeness (QED) is 0.337. The van der Waals surface area contributed by atoms with Crippen molar-refractivity contribution >= 4 is 28.8 Å². The van der Waals surface area contributed by atoms with Crippen LogP contribution in [-0.2, 0) is 12.6 Å². The van der Waals surface area contributed by atoms with Crippen molar-refractivity contribution in [3.05, 3.63) is 87.7 Å². The fourth-order valence-corrected chi connectivity index (χ4v) is 3.72. The van der Waals surface area contributed by atoms with Crippen LogP contribution in [0.2, 0.25) is 10.0 Å². The minimum Gasteiger partial charge on any atom is -0.496 e. The fraction of sp³-hybridized carbons (Fsp3) is 0.136. The first-order valence-electron chi connectivity index (χ1n) is 8.93. The van der Waals surface area contributed by atoms with E-state index >= 15 is 0 Å². The van der Waals surface area contributed by atoms with Crippen molar-refractivity contribution in [2.45, 2.75) is 12.6 Å². The summed E-state index contributed by atoms with van der Waals surface area (Å²) in [7, 11) is 1.55. The van der Waals surface area contributed by atoms with Gasteiger partial charge in [-0.25, -0.2) is 4.98 Å². The number of pyridine rings is 1. The number of methoxy groups -OCH3 is 1. The first kappa shape index (κ1) is 20.6. The number of hydrogen-bond acceptors (Lipinski definition) is 2. The average molecular weight is 451 g/mol. The second-order valence-corrected chi connectivity index (χ2v) is 7.51. The molecule has 8 heteroatoms. The van der Waals surface area contributed by atoms with E-state index in [1.54, 1.807) is 37.4 Å². The van der Waals surface area contributed by atoms with Gasteiger partial charge in [0.2, 0.25) is 0 Å². The molecule has 0 saturated heterocycles. The third kappa shape index (κ3) is 3.85. The summed E-state index contributed by atoms with van der Waals surface area (Å²) in [5.41, 5.74) is 2.02. The minimum absolute atomic E-state index is 0.0775. The molecule has 3 nitrogen and oxygen atoms in total. The van der Waals surface area contributed by atoms with E-state index in [0.29, 0.717) is 28.6 Å². The summed E-state index contributed by atoms with van der Waals surface area (Å²) in [5.74, 6) is 0.632. The molecule has 0 atom stereocenters. The van der Waals surface area contributed by atoms with Gasteiger partial charge >= 0.3 is 6.18 Å². The number of imidazole rings is 1. The summed E-state index contributed by atoms with van der Waals surface area (Å²) in [5, 5.41) is 0.470. The molecule has 0 N–H and O–H groups in total. The number of alkyl halides is 3. The number of fused-ring (bicyclic) bond motifs is 1. The summed E-state index contributed by atoms with van der Waals surface area (Å²) >= 11 is 12.2. The Kier molecular flexibility index (Phi) is 5.38. The molecule has 2 heterocycles. The van der Waals surface area contributed by atoms with Crippen LogP contribution in [0, 0.1) is 0 Å². The molecule has 0 saturated carbocycles. The highest BCUT2D eigenvalue weighted by Crippen LogP contribution is 2.36. The molecule has 2 aromatic heterocycles. The van der Waals surface area contributed by atoms with Crippen LogP contribution in [0.3, 0.4) is 0 Å². The van der Waals surface area contributed by atoms with Gasteiger partial charge in [0.25, 0.3) is 0 Å². The largest absolute Gasteiger partial charge is 0.496 e. The number of halogens is 5. The van der Waals surface area contributed by atoms with Gasteiger partial charge in [0.05, 0.1) is 29.1 Å². The number of hydrogen-bond donors (Lipinski definition) is 0. The first-order chi connectivity index (χ1) is 14.3. The molecule has 2 aromatic carbocycles. The van der Waals surface area contributed by atoms with Gasteiger partial charge in [-0.2, -0.15) is 13.2 Å². The van der Waals surface area contributed by atoms with E-state index in [0.717, 1.165) is 23.4 Å². The number of rotatable bonds is 4. The standard InChI is InChI=1S/C22H15Cl2F3N2O/c1-30-19-5-3-2-4-14(19)10-18-20(13-6-8-16(23)9-7-13)28-21-17(24)11-15(12-29(18)21)22(25,26)27/h2-9,11-12H,10H2,1H3. The molecule has 0 spiro atoms. The summed E-state index contributed by atoms with van der Waals surface area (Å²) < 4.78 is 47.1. The maximum absolute atomic E-state index is 13.4. The van der Waals surface area contributed by atoms with E-state index in [4.69, 9.17) is 27.9 Å². The molecule has 0 amide bonds. The lowest BCUT2D eigenvalue weighted by Gasteiger charge is -2.12. The van der Waals surface area contributed by atoms with Crippen LogP contribution in [0.25, 0.3) is 16.9 Å². The van der Waals surface area contributed by atoms with Crippen LogP contribution in [-0.4, -0.2) is 16.5 Å². The smallest absolute Gasteiger partial charge is 0.417 e. The molecule has 4 rings (SSSR count). The summed E-state index contributed by atoms with van der Waals surface area (Å²) in [6.07, 6.45) is -3.22. The van der Waals surface area contributed by atoms with Crippen LogP contribution in [0.15, 0.2) is 60.8 Å². The summed E-state index contributed by atoms with van der Waals surface area (Å²) in [4.78, 5) is 4.57. The molecule has 30 heavy (non-hydrogen) atoms. The second-order valence-electron chi connectivity index (χ2n) is 6.67. The van der Waals surface area contributed by atoms with Gasteiger partial charge in [-0.1, -0.05) is 53.5 Å². The zero-order valence-corrected chi connectivity index (χ0v) is 17.2. The minimum atomic E-state index is -4.54. The number of benzene rings is 2. The van der Waals surface area contributed by atoms with Gasteiger partial charge in [-0.3, -0.25) is 0 Å². The second kappa shape index (κ2) is 7.85. The van der Waals surface area contributed by atoms with Crippen molar-refractivity contribution in [1.29, 1.82) is 0 Å². The third-order valence-corrected chi connectivity index (χ3v) is 5.30. The van der Waals surface area contributed by atoms with Crippen molar-refractivity contribution in [1.82, 2.24) is 9.38 Å². The maximum Gasteiger partial charge on any atom is 0.417 e. The molecule has 0 unspecified atom stereocenters. The Morgan fingerprint density at radius 2 is 1.73 bits per heavy atom. The Balaban J connectivity index is 1.99. The van der Waals surface area contributed by atoms with Crippen LogP contribution < -0.4 is 4.74 Å². The lowest BCUT2D eigenvalue weighted by atomic mass is 10.0. The Labute approximate surface area is 180 Å². The molecule has 0 aliphatic heterocycles. The van der Waals surface area contributed by atoms with Gasteiger partial charge in [0, 0.05) is 28.8 Å². The van der Waals surface area contributed by atoms with E-state index in [-0.39, 0.29) is 10.7 Å². The highest BCUT2D eigenvalue weighted by molar-refractivity contribution is 6.33. The van der Waals surface area contributed by atoms with Gasteiger partial charge in [0.15, 0.2) is 5.65 Å². The monoisotopic (exact) mass is 450 g/mol. The van der Waals surface area contributed by atoms with Crippen LogP contribution in [0.1, 0.15) is 16.8 Å². The Bertz CT molecular complexity index is 1220. The number of para-hydroxylation sites is 1. The van der Waals surface area contributed by atoms with Crippen molar-refractivity contribution < 1.29 is 17.9 Å². The lowest BCUT2D eigenvalue weighted by Crippen LogP contribution is -2.08. The van der Waals surface area contributed by atoms with Gasteiger partial charge in [-0.15, -0.1) is 0 Å². The van der Waals surface area contributed by atoms with E-state index in [2.05, 4.69) is 4.98 Å². The van der Waals surface area contributed by atoms with Crippen molar-refractivity contribution in [2.75, 3.05) is 7.11 Å². The zero-order chi connectivity index (χ0) is 21.5. The SMILES string of the molecule is COc1ccccc1Cc1c(-c2ccc(Cl)cc2)nc2c(Cl)cc(C(F)(F)F)cn12. The molecule has 0 fully saturated rings. The normalized spacial score (nSPS) is 11.8. The van der Waals surface area contributed by atoms with Gasteiger partial charge < -0.3 is 9.14 Å². The molecule has 0 aliphatic carbocycles. The predicted molar refractivity (Wildman–Crippen MR) is 111 cm³/mol.